The van der Waals surface area contributed by atoms with E-state index in [4.69, 9.17) is 14.6 Å². The summed E-state index contributed by atoms with van der Waals surface area (Å²) >= 11 is 0. The lowest BCUT2D eigenvalue weighted by Crippen LogP contribution is -2.31. The largest absolute Gasteiger partial charge is 0.493 e. The van der Waals surface area contributed by atoms with Crippen molar-refractivity contribution in [3.63, 3.8) is 0 Å². The third kappa shape index (κ3) is 6.24. The number of hydrogen-bond acceptors (Lipinski definition) is 6. The number of anilines is 1. The second-order valence-corrected chi connectivity index (χ2v) is 9.46. The molecule has 2 aliphatic rings. The molecule has 1 heterocycles. The molecule has 0 saturated heterocycles. The van der Waals surface area contributed by atoms with Gasteiger partial charge in [0.25, 0.3) is 5.91 Å². The molecular weight excluding hydrogens is 490 g/mol. The molecule has 1 fully saturated rings. The molecule has 1 saturated carbocycles. The number of carboxylic acid groups (broad SMARTS) is 1. The first-order valence-corrected chi connectivity index (χ1v) is 12.8. The molecule has 2 aromatic rings. The molecule has 3 N–H and O–H groups in total. The minimum Gasteiger partial charge on any atom is -0.493 e. The van der Waals surface area contributed by atoms with E-state index in [1.807, 2.05) is 31.2 Å². The van der Waals surface area contributed by atoms with Crippen molar-refractivity contribution in [1.82, 2.24) is 10.2 Å². The third-order valence-corrected chi connectivity index (χ3v) is 6.74. The van der Waals surface area contributed by atoms with E-state index in [1.54, 1.807) is 24.1 Å². The second kappa shape index (κ2) is 12.0. The Labute approximate surface area is 221 Å². The smallest absolute Gasteiger partial charge is 0.322 e. The van der Waals surface area contributed by atoms with Crippen LogP contribution in [-0.2, 0) is 20.9 Å². The summed E-state index contributed by atoms with van der Waals surface area (Å²) < 4.78 is 11.2. The molecule has 10 nitrogen and oxygen atoms in total. The summed E-state index contributed by atoms with van der Waals surface area (Å²) in [6.45, 7) is 2.23. The highest BCUT2D eigenvalue weighted by Gasteiger charge is 2.37. The molecule has 4 rings (SSSR count). The zero-order valence-electron chi connectivity index (χ0n) is 21.6. The monoisotopic (exact) mass is 523 g/mol. The fraction of sp³-hybridized carbons (Fsp3) is 0.429. The molecule has 2 aromatic carbocycles. The van der Waals surface area contributed by atoms with Crippen molar-refractivity contribution in [2.24, 2.45) is 5.92 Å². The van der Waals surface area contributed by atoms with Gasteiger partial charge in [-0.15, -0.1) is 0 Å². The average molecular weight is 524 g/mol. The third-order valence-electron chi connectivity index (χ3n) is 6.74. The van der Waals surface area contributed by atoms with Crippen LogP contribution >= 0.6 is 0 Å². The molecule has 1 unspecified atom stereocenters. The molecule has 38 heavy (non-hydrogen) atoms. The summed E-state index contributed by atoms with van der Waals surface area (Å²) in [6.07, 6.45) is 2.74. The summed E-state index contributed by atoms with van der Waals surface area (Å²) in [5.41, 5.74) is 2.66. The van der Waals surface area contributed by atoms with Crippen LogP contribution in [0.15, 0.2) is 36.4 Å². The Hall–Kier alpha value is -4.08. The van der Waals surface area contributed by atoms with Gasteiger partial charge in [0, 0.05) is 18.9 Å². The van der Waals surface area contributed by atoms with Gasteiger partial charge in [-0.3, -0.25) is 19.2 Å². The average Bonchev–Trinajstić information content (AvgIpc) is 3.70. The van der Waals surface area contributed by atoms with Crippen molar-refractivity contribution in [2.75, 3.05) is 25.6 Å². The number of rotatable bonds is 13. The maximum atomic E-state index is 13.8. The Morgan fingerprint density at radius 3 is 2.63 bits per heavy atom. The summed E-state index contributed by atoms with van der Waals surface area (Å²) in [4.78, 5) is 50.9. The van der Waals surface area contributed by atoms with E-state index in [-0.39, 0.29) is 36.1 Å². The highest BCUT2D eigenvalue weighted by molar-refractivity contribution is 6.07. The number of carbonyl (C=O) groups excluding carboxylic acids is 3. The number of carboxylic acids is 1. The number of hydrogen-bond donors (Lipinski definition) is 3. The number of nitrogens with zero attached hydrogens (tertiary/aromatic N) is 1. The quantitative estimate of drug-likeness (QED) is 0.366. The van der Waals surface area contributed by atoms with E-state index in [1.165, 1.54) is 0 Å². The molecule has 10 heteroatoms. The zero-order chi connectivity index (χ0) is 27.2. The van der Waals surface area contributed by atoms with Crippen LogP contribution in [0.25, 0.3) is 0 Å². The Morgan fingerprint density at radius 2 is 1.95 bits per heavy atom. The van der Waals surface area contributed by atoms with Crippen molar-refractivity contribution in [3.05, 3.63) is 53.1 Å². The summed E-state index contributed by atoms with van der Waals surface area (Å²) in [6, 6.07) is 10.6. The van der Waals surface area contributed by atoms with Crippen molar-refractivity contribution < 1.29 is 33.8 Å². The van der Waals surface area contributed by atoms with Crippen molar-refractivity contribution >= 4 is 29.4 Å². The minimum atomic E-state index is -1.11. The molecule has 0 aromatic heterocycles. The minimum absolute atomic E-state index is 0.00905. The molecule has 3 amide bonds. The van der Waals surface area contributed by atoms with Gasteiger partial charge in [-0.1, -0.05) is 18.2 Å². The molecule has 1 atom stereocenters. The van der Waals surface area contributed by atoms with E-state index in [0.717, 1.165) is 24.0 Å². The van der Waals surface area contributed by atoms with Crippen LogP contribution in [-0.4, -0.2) is 54.0 Å². The Balaban J connectivity index is 1.59. The van der Waals surface area contributed by atoms with Gasteiger partial charge in [-0.25, -0.2) is 0 Å². The van der Waals surface area contributed by atoms with Crippen LogP contribution < -0.4 is 20.1 Å². The summed E-state index contributed by atoms with van der Waals surface area (Å²) in [5, 5.41) is 14.1. The lowest BCUT2D eigenvalue weighted by atomic mass is 9.98. The molecule has 0 radical (unpaired) electrons. The fourth-order valence-electron chi connectivity index (χ4n) is 4.71. The van der Waals surface area contributed by atoms with Crippen LogP contribution in [0.4, 0.5) is 5.69 Å². The maximum absolute atomic E-state index is 13.8. The van der Waals surface area contributed by atoms with Crippen LogP contribution in [0.5, 0.6) is 11.5 Å². The van der Waals surface area contributed by atoms with Gasteiger partial charge in [0.15, 0.2) is 11.5 Å². The number of methoxy groups -OCH3 is 1. The maximum Gasteiger partial charge on any atom is 0.322 e. The number of aliphatic carboxylic acids is 1. The number of carbonyl (C=O) groups is 4. The Bertz CT molecular complexity index is 1220. The zero-order valence-corrected chi connectivity index (χ0v) is 21.6. The first kappa shape index (κ1) is 27.0. The van der Waals surface area contributed by atoms with Gasteiger partial charge in [0.1, 0.15) is 6.54 Å². The van der Waals surface area contributed by atoms with Gasteiger partial charge in [0.2, 0.25) is 11.8 Å². The number of ether oxygens (including phenoxy) is 2. The molecule has 0 bridgehead atoms. The predicted molar refractivity (Wildman–Crippen MR) is 139 cm³/mol. The molecule has 1 aliphatic heterocycles. The molecular formula is C28H33N3O7. The normalized spacial score (nSPS) is 15.0. The standard InChI is InChI=1S/C28H33N3O7/c1-3-38-23-14-18(12-13-22(23)37-2)21(8-5-9-24(32)29-15-25(33)34)31-16-19-6-4-7-20(26(19)28(31)36)30-27(35)17-10-11-17/h4,6-7,12-14,17,21H,3,5,8-11,15-16H2,1-2H3,(H,29,32)(H,30,35)(H,33,34). The first-order valence-electron chi connectivity index (χ1n) is 12.8. The predicted octanol–water partition coefficient (Wildman–Crippen LogP) is 3.51. The fourth-order valence-corrected chi connectivity index (χ4v) is 4.71. The molecule has 1 aliphatic carbocycles. The van der Waals surface area contributed by atoms with Gasteiger partial charge in [-0.05, 0) is 61.9 Å². The van der Waals surface area contributed by atoms with Gasteiger partial charge >= 0.3 is 5.97 Å². The number of amides is 3. The van der Waals surface area contributed by atoms with Gasteiger partial charge in [-0.2, -0.15) is 0 Å². The summed E-state index contributed by atoms with van der Waals surface area (Å²) in [7, 11) is 1.56. The van der Waals surface area contributed by atoms with E-state index in [2.05, 4.69) is 10.6 Å². The topological polar surface area (TPSA) is 134 Å². The number of fused-ring (bicyclic) bond motifs is 1. The van der Waals surface area contributed by atoms with Crippen LogP contribution in [0.1, 0.15) is 66.6 Å². The van der Waals surface area contributed by atoms with Crippen molar-refractivity contribution in [3.8, 4) is 11.5 Å². The lowest BCUT2D eigenvalue weighted by Gasteiger charge is -2.29. The van der Waals surface area contributed by atoms with E-state index in [9.17, 15) is 19.2 Å². The molecule has 202 valence electrons. The van der Waals surface area contributed by atoms with Crippen molar-refractivity contribution in [1.29, 1.82) is 0 Å². The first-order chi connectivity index (χ1) is 18.3. The Morgan fingerprint density at radius 1 is 1.16 bits per heavy atom. The van der Waals surface area contributed by atoms with Crippen LogP contribution in [0, 0.1) is 5.92 Å². The Kier molecular flexibility index (Phi) is 8.50. The van der Waals surface area contributed by atoms with Crippen LogP contribution in [0.2, 0.25) is 0 Å². The highest BCUT2D eigenvalue weighted by Crippen LogP contribution is 2.40. The van der Waals surface area contributed by atoms with Crippen LogP contribution in [0.3, 0.4) is 0 Å². The van der Waals surface area contributed by atoms with Gasteiger partial charge < -0.3 is 30.1 Å². The summed E-state index contributed by atoms with van der Waals surface area (Å²) in [5.74, 6) is -0.595. The van der Waals surface area contributed by atoms with E-state index >= 15 is 0 Å². The second-order valence-electron chi connectivity index (χ2n) is 9.46. The van der Waals surface area contributed by atoms with Crippen molar-refractivity contribution in [2.45, 2.75) is 51.6 Å². The number of benzene rings is 2. The van der Waals surface area contributed by atoms with Gasteiger partial charge in [0.05, 0.1) is 31.0 Å². The number of nitrogens with one attached hydrogen (secondary N) is 2. The van der Waals surface area contributed by atoms with E-state index in [0.29, 0.717) is 48.7 Å². The lowest BCUT2D eigenvalue weighted by molar-refractivity contribution is -0.138. The molecule has 0 spiro atoms. The van der Waals surface area contributed by atoms with E-state index < -0.39 is 12.5 Å². The SMILES string of the molecule is CCOc1cc(C(CCCC(=O)NCC(=O)O)N2Cc3cccc(NC(=O)C4CC4)c3C2=O)ccc1OC. The highest BCUT2D eigenvalue weighted by atomic mass is 16.5.